The Morgan fingerprint density at radius 2 is 2.15 bits per heavy atom. The van der Waals surface area contributed by atoms with Crippen LogP contribution in [0.15, 0.2) is 30.5 Å². The molecule has 0 aliphatic heterocycles. The van der Waals surface area contributed by atoms with Crippen molar-refractivity contribution in [2.75, 3.05) is 0 Å². The van der Waals surface area contributed by atoms with Gasteiger partial charge in [-0.25, -0.2) is 0 Å². The van der Waals surface area contributed by atoms with E-state index in [1.54, 1.807) is 6.20 Å². The summed E-state index contributed by atoms with van der Waals surface area (Å²) in [6.45, 7) is -0.121. The fourth-order valence-corrected chi connectivity index (χ4v) is 1.40. The Hall–Kier alpha value is -1.84. The second-order valence-corrected chi connectivity index (χ2v) is 2.85. The molecular formula is C9H8N2O2. The summed E-state index contributed by atoms with van der Waals surface area (Å²) in [6, 6.07) is 7.55. The van der Waals surface area contributed by atoms with E-state index in [0.717, 1.165) is 16.5 Å². The van der Waals surface area contributed by atoms with Gasteiger partial charge in [-0.2, -0.15) is 0 Å². The molecule has 1 N–H and O–H groups in total. The van der Waals surface area contributed by atoms with Gasteiger partial charge in [0.05, 0.1) is 0 Å². The van der Waals surface area contributed by atoms with Gasteiger partial charge in [-0.05, 0) is 6.07 Å². The summed E-state index contributed by atoms with van der Waals surface area (Å²) in [5, 5.41) is 11.2. The Balaban J connectivity index is 2.51. The largest absolute Gasteiger partial charge is 0.361 e. The zero-order valence-corrected chi connectivity index (χ0v) is 6.86. The highest BCUT2D eigenvalue weighted by Gasteiger charge is 2.07. The highest BCUT2D eigenvalue weighted by atomic mass is 16.6. The fourth-order valence-electron chi connectivity index (χ4n) is 1.40. The van der Waals surface area contributed by atoms with E-state index in [2.05, 4.69) is 4.98 Å². The lowest BCUT2D eigenvalue weighted by Gasteiger charge is -1.91. The van der Waals surface area contributed by atoms with E-state index in [1.807, 2.05) is 24.3 Å². The van der Waals surface area contributed by atoms with E-state index < -0.39 is 0 Å². The molecule has 66 valence electrons. The van der Waals surface area contributed by atoms with Crippen molar-refractivity contribution in [3.63, 3.8) is 0 Å². The normalized spacial score (nSPS) is 10.5. The summed E-state index contributed by atoms with van der Waals surface area (Å²) in [6.07, 6.45) is 1.69. The summed E-state index contributed by atoms with van der Waals surface area (Å²) in [4.78, 5) is 13.0. The summed E-state index contributed by atoms with van der Waals surface area (Å²) >= 11 is 0. The summed E-state index contributed by atoms with van der Waals surface area (Å²) in [7, 11) is 0. The predicted molar refractivity (Wildman–Crippen MR) is 49.0 cm³/mol. The van der Waals surface area contributed by atoms with E-state index >= 15 is 0 Å². The van der Waals surface area contributed by atoms with Crippen molar-refractivity contribution in [2.24, 2.45) is 0 Å². The van der Waals surface area contributed by atoms with E-state index in [9.17, 15) is 10.1 Å². The van der Waals surface area contributed by atoms with Crippen molar-refractivity contribution >= 4 is 10.9 Å². The third-order valence-electron chi connectivity index (χ3n) is 1.97. The van der Waals surface area contributed by atoms with Crippen LogP contribution in [0.25, 0.3) is 10.9 Å². The molecular weight excluding hydrogens is 168 g/mol. The number of aromatic nitrogens is 1. The van der Waals surface area contributed by atoms with Gasteiger partial charge in [0, 0.05) is 27.6 Å². The summed E-state index contributed by atoms with van der Waals surface area (Å²) in [5.41, 5.74) is 1.68. The Morgan fingerprint density at radius 1 is 1.38 bits per heavy atom. The highest BCUT2D eigenvalue weighted by molar-refractivity contribution is 5.82. The Morgan fingerprint density at radius 3 is 2.92 bits per heavy atom. The molecule has 0 radical (unpaired) electrons. The Bertz CT molecular complexity index is 448. The third-order valence-corrected chi connectivity index (χ3v) is 1.97. The molecule has 2 aromatic rings. The average Bonchev–Trinajstić information content (AvgIpc) is 2.48. The number of hydrogen-bond acceptors (Lipinski definition) is 2. The molecule has 4 heteroatoms. The van der Waals surface area contributed by atoms with Gasteiger partial charge < -0.3 is 4.98 Å². The first-order valence-corrected chi connectivity index (χ1v) is 3.94. The molecule has 0 unspecified atom stereocenters. The molecule has 0 saturated carbocycles. The monoisotopic (exact) mass is 176 g/mol. The first-order chi connectivity index (χ1) is 6.27. The number of fused-ring (bicyclic) bond motifs is 1. The topological polar surface area (TPSA) is 58.9 Å². The van der Waals surface area contributed by atoms with Crippen molar-refractivity contribution in [3.8, 4) is 0 Å². The van der Waals surface area contributed by atoms with Crippen molar-refractivity contribution < 1.29 is 4.92 Å². The van der Waals surface area contributed by atoms with Gasteiger partial charge in [-0.15, -0.1) is 0 Å². The van der Waals surface area contributed by atoms with Crippen molar-refractivity contribution in [3.05, 3.63) is 46.1 Å². The first-order valence-electron chi connectivity index (χ1n) is 3.94. The van der Waals surface area contributed by atoms with E-state index in [1.165, 1.54) is 0 Å². The maximum atomic E-state index is 10.3. The molecule has 1 aromatic heterocycles. The zero-order chi connectivity index (χ0) is 9.26. The van der Waals surface area contributed by atoms with Crippen molar-refractivity contribution in [1.29, 1.82) is 0 Å². The van der Waals surface area contributed by atoms with Crippen LogP contribution in [0.2, 0.25) is 0 Å². The molecule has 2 rings (SSSR count). The standard InChI is InChI=1S/C9H8N2O2/c12-11(13)6-7-5-10-9-4-2-1-3-8(7)9/h1-5,10H,6H2. The van der Waals surface area contributed by atoms with Crippen molar-refractivity contribution in [2.45, 2.75) is 6.54 Å². The number of aromatic amines is 1. The lowest BCUT2D eigenvalue weighted by atomic mass is 10.2. The second-order valence-electron chi connectivity index (χ2n) is 2.85. The number of rotatable bonds is 2. The van der Waals surface area contributed by atoms with Gasteiger partial charge in [-0.3, -0.25) is 10.1 Å². The number of nitrogens with one attached hydrogen (secondary N) is 1. The average molecular weight is 176 g/mol. The molecule has 0 spiro atoms. The SMILES string of the molecule is O=[N+]([O-])Cc1c[nH]c2ccccc12. The number of nitrogens with zero attached hydrogens (tertiary/aromatic N) is 1. The molecule has 0 amide bonds. The minimum Gasteiger partial charge on any atom is -0.361 e. The van der Waals surface area contributed by atoms with Crippen LogP contribution < -0.4 is 0 Å². The minimum absolute atomic E-state index is 0.121. The van der Waals surface area contributed by atoms with Crippen LogP contribution in [0, 0.1) is 10.1 Å². The first kappa shape index (κ1) is 7.79. The summed E-state index contributed by atoms with van der Waals surface area (Å²) < 4.78 is 0. The molecule has 0 aliphatic rings. The molecule has 0 bridgehead atoms. The van der Waals surface area contributed by atoms with E-state index in [-0.39, 0.29) is 11.5 Å². The quantitative estimate of drug-likeness (QED) is 0.561. The van der Waals surface area contributed by atoms with Crippen LogP contribution >= 0.6 is 0 Å². The van der Waals surface area contributed by atoms with E-state index in [4.69, 9.17) is 0 Å². The van der Waals surface area contributed by atoms with Crippen LogP contribution in [-0.2, 0) is 6.54 Å². The van der Waals surface area contributed by atoms with Gasteiger partial charge in [-0.1, -0.05) is 18.2 Å². The number of H-pyrrole nitrogens is 1. The third kappa shape index (κ3) is 1.38. The number of hydrogen-bond donors (Lipinski definition) is 1. The maximum Gasteiger partial charge on any atom is 0.230 e. The van der Waals surface area contributed by atoms with Gasteiger partial charge >= 0.3 is 0 Å². The summed E-state index contributed by atoms with van der Waals surface area (Å²) in [5.74, 6) is 0. The van der Waals surface area contributed by atoms with Crippen LogP contribution in [-0.4, -0.2) is 9.91 Å². The maximum absolute atomic E-state index is 10.3. The Kier molecular flexibility index (Phi) is 1.73. The van der Waals surface area contributed by atoms with E-state index in [0.29, 0.717) is 0 Å². The predicted octanol–water partition coefficient (Wildman–Crippen LogP) is 1.94. The minimum atomic E-state index is -0.324. The van der Waals surface area contributed by atoms with Gasteiger partial charge in [0.2, 0.25) is 6.54 Å². The number of benzene rings is 1. The molecule has 4 nitrogen and oxygen atoms in total. The zero-order valence-electron chi connectivity index (χ0n) is 6.86. The van der Waals surface area contributed by atoms with Crippen LogP contribution in [0.4, 0.5) is 0 Å². The fraction of sp³-hybridized carbons (Fsp3) is 0.111. The molecule has 0 fully saturated rings. The number of nitro groups is 1. The van der Waals surface area contributed by atoms with Gasteiger partial charge in [0.25, 0.3) is 0 Å². The highest BCUT2D eigenvalue weighted by Crippen LogP contribution is 2.17. The van der Waals surface area contributed by atoms with Crippen LogP contribution in [0.1, 0.15) is 5.56 Å². The van der Waals surface area contributed by atoms with Gasteiger partial charge in [0.1, 0.15) is 0 Å². The van der Waals surface area contributed by atoms with Crippen LogP contribution in [0.5, 0.6) is 0 Å². The lowest BCUT2D eigenvalue weighted by molar-refractivity contribution is -0.496. The molecule has 0 atom stereocenters. The lowest BCUT2D eigenvalue weighted by Crippen LogP contribution is -1.96. The smallest absolute Gasteiger partial charge is 0.230 e. The second kappa shape index (κ2) is 2.90. The van der Waals surface area contributed by atoms with Crippen molar-refractivity contribution in [1.82, 2.24) is 4.98 Å². The molecule has 0 saturated heterocycles. The molecule has 1 aromatic carbocycles. The molecule has 0 aliphatic carbocycles. The molecule has 1 heterocycles. The molecule has 13 heavy (non-hydrogen) atoms. The Labute approximate surface area is 74.3 Å². The van der Waals surface area contributed by atoms with Gasteiger partial charge in [0.15, 0.2) is 0 Å². The van der Waals surface area contributed by atoms with Crippen LogP contribution in [0.3, 0.4) is 0 Å². The number of para-hydroxylation sites is 1.